The first-order chi connectivity index (χ1) is 5.83. The second-order valence-corrected chi connectivity index (χ2v) is 2.58. The molecule has 0 aliphatic heterocycles. The number of benzene rings is 1. The fourth-order valence-corrected chi connectivity index (χ4v) is 1.02. The number of aliphatic hydroxyl groups excluding tert-OH is 1. The van der Waals surface area contributed by atoms with Crippen molar-refractivity contribution in [2.45, 2.75) is 6.42 Å². The number of rotatable bonds is 4. The van der Waals surface area contributed by atoms with E-state index in [-0.39, 0.29) is 12.5 Å². The molecule has 0 heterocycles. The number of hydrogen-bond donors (Lipinski definition) is 3. The third kappa shape index (κ3) is 2.90. The quantitative estimate of drug-likeness (QED) is 0.451. The average Bonchev–Trinajstić information content (AvgIpc) is 2.05. The molecule has 1 rings (SSSR count). The Labute approximate surface area is 71.7 Å². The normalized spacial score (nSPS) is 10.1. The molecule has 3 N–H and O–H groups in total. The van der Waals surface area contributed by atoms with Gasteiger partial charge in [0.25, 0.3) is 0 Å². The standard InChI is InChI=1S/C9H13NO2/c11-7-10-5-4-8-2-1-3-9(12)6-8/h1-3,6,10-12H,4-5,7H2. The van der Waals surface area contributed by atoms with Crippen LogP contribution in [0.1, 0.15) is 5.56 Å². The number of nitrogens with one attached hydrogen (secondary N) is 1. The summed E-state index contributed by atoms with van der Waals surface area (Å²) in [5, 5.41) is 20.3. The van der Waals surface area contributed by atoms with E-state index in [1.807, 2.05) is 12.1 Å². The molecule has 0 fully saturated rings. The Hall–Kier alpha value is -1.06. The number of hydrogen-bond acceptors (Lipinski definition) is 3. The van der Waals surface area contributed by atoms with Gasteiger partial charge in [0.1, 0.15) is 5.75 Å². The minimum atomic E-state index is -0.00117. The van der Waals surface area contributed by atoms with Crippen molar-refractivity contribution in [2.75, 3.05) is 13.3 Å². The van der Waals surface area contributed by atoms with Gasteiger partial charge in [-0.15, -0.1) is 0 Å². The van der Waals surface area contributed by atoms with E-state index in [1.165, 1.54) is 0 Å². The minimum absolute atomic E-state index is 0.00117. The molecule has 0 bridgehead atoms. The maximum absolute atomic E-state index is 9.10. The molecule has 0 radical (unpaired) electrons. The number of aliphatic hydroxyl groups is 1. The van der Waals surface area contributed by atoms with Crippen molar-refractivity contribution in [2.24, 2.45) is 0 Å². The molecule has 0 aliphatic carbocycles. The Morgan fingerprint density at radius 3 is 2.83 bits per heavy atom. The molecule has 0 amide bonds. The topological polar surface area (TPSA) is 52.5 Å². The molecule has 3 nitrogen and oxygen atoms in total. The van der Waals surface area contributed by atoms with Crippen molar-refractivity contribution in [3.8, 4) is 5.75 Å². The summed E-state index contributed by atoms with van der Waals surface area (Å²) in [6.45, 7) is 0.721. The van der Waals surface area contributed by atoms with E-state index >= 15 is 0 Å². The van der Waals surface area contributed by atoms with Crippen molar-refractivity contribution in [1.82, 2.24) is 5.32 Å². The molecule has 0 spiro atoms. The van der Waals surface area contributed by atoms with Crippen LogP contribution in [0.4, 0.5) is 0 Å². The third-order valence-electron chi connectivity index (χ3n) is 1.61. The smallest absolute Gasteiger partial charge is 0.115 e. The van der Waals surface area contributed by atoms with Crippen molar-refractivity contribution in [3.05, 3.63) is 29.8 Å². The highest BCUT2D eigenvalue weighted by atomic mass is 16.3. The molecule has 0 atom stereocenters. The Kier molecular flexibility index (Phi) is 3.57. The van der Waals surface area contributed by atoms with Gasteiger partial charge in [-0.05, 0) is 24.1 Å². The zero-order valence-corrected chi connectivity index (χ0v) is 6.83. The minimum Gasteiger partial charge on any atom is -0.508 e. The predicted octanol–water partition coefficient (Wildman–Crippen LogP) is 0.474. The molecule has 1 aromatic rings. The van der Waals surface area contributed by atoms with Crippen LogP contribution in [-0.4, -0.2) is 23.5 Å². The van der Waals surface area contributed by atoms with Crippen LogP contribution in [0.25, 0.3) is 0 Å². The first kappa shape index (κ1) is 9.03. The van der Waals surface area contributed by atoms with Gasteiger partial charge in [0, 0.05) is 6.54 Å². The van der Waals surface area contributed by atoms with Gasteiger partial charge in [-0.2, -0.15) is 0 Å². The van der Waals surface area contributed by atoms with E-state index in [0.717, 1.165) is 18.5 Å². The molecule has 1 aromatic carbocycles. The van der Waals surface area contributed by atoms with Gasteiger partial charge in [0.05, 0.1) is 6.73 Å². The van der Waals surface area contributed by atoms with E-state index in [9.17, 15) is 0 Å². The Balaban J connectivity index is 2.41. The Morgan fingerprint density at radius 1 is 1.33 bits per heavy atom. The summed E-state index contributed by atoms with van der Waals surface area (Å²) in [5.41, 5.74) is 1.07. The SMILES string of the molecule is OCNCCc1cccc(O)c1. The van der Waals surface area contributed by atoms with Gasteiger partial charge >= 0.3 is 0 Å². The highest BCUT2D eigenvalue weighted by molar-refractivity contribution is 5.27. The van der Waals surface area contributed by atoms with Crippen LogP contribution in [0.3, 0.4) is 0 Å². The monoisotopic (exact) mass is 167 g/mol. The predicted molar refractivity (Wildman–Crippen MR) is 46.9 cm³/mol. The maximum atomic E-state index is 9.10. The van der Waals surface area contributed by atoms with Crippen molar-refractivity contribution >= 4 is 0 Å². The summed E-state index contributed by atoms with van der Waals surface area (Å²) in [7, 11) is 0. The van der Waals surface area contributed by atoms with Crippen LogP contribution in [0.2, 0.25) is 0 Å². The number of aromatic hydroxyl groups is 1. The molecule has 0 aromatic heterocycles. The molecule has 0 unspecified atom stereocenters. The molecule has 0 saturated carbocycles. The molecule has 66 valence electrons. The van der Waals surface area contributed by atoms with E-state index in [2.05, 4.69) is 5.32 Å². The summed E-state index contributed by atoms with van der Waals surface area (Å²) >= 11 is 0. The lowest BCUT2D eigenvalue weighted by atomic mass is 10.1. The van der Waals surface area contributed by atoms with Gasteiger partial charge in [-0.1, -0.05) is 12.1 Å². The zero-order chi connectivity index (χ0) is 8.81. The van der Waals surface area contributed by atoms with Crippen LogP contribution >= 0.6 is 0 Å². The first-order valence-corrected chi connectivity index (χ1v) is 3.92. The molecule has 3 heteroatoms. The Morgan fingerprint density at radius 2 is 2.17 bits per heavy atom. The van der Waals surface area contributed by atoms with E-state index in [4.69, 9.17) is 10.2 Å². The lowest BCUT2D eigenvalue weighted by molar-refractivity contribution is 0.262. The van der Waals surface area contributed by atoms with Crippen molar-refractivity contribution in [3.63, 3.8) is 0 Å². The zero-order valence-electron chi connectivity index (χ0n) is 6.83. The molecular weight excluding hydrogens is 154 g/mol. The second-order valence-electron chi connectivity index (χ2n) is 2.58. The summed E-state index contributed by atoms with van der Waals surface area (Å²) in [6.07, 6.45) is 0.814. The van der Waals surface area contributed by atoms with Crippen LogP contribution < -0.4 is 5.32 Å². The largest absolute Gasteiger partial charge is 0.508 e. The van der Waals surface area contributed by atoms with Crippen molar-refractivity contribution in [1.29, 1.82) is 0 Å². The van der Waals surface area contributed by atoms with E-state index in [0.29, 0.717) is 0 Å². The van der Waals surface area contributed by atoms with Crippen LogP contribution in [0, 0.1) is 0 Å². The van der Waals surface area contributed by atoms with Crippen molar-refractivity contribution < 1.29 is 10.2 Å². The summed E-state index contributed by atoms with van der Waals surface area (Å²) in [4.78, 5) is 0. The third-order valence-corrected chi connectivity index (χ3v) is 1.61. The van der Waals surface area contributed by atoms with E-state index in [1.54, 1.807) is 12.1 Å². The molecule has 0 saturated heterocycles. The van der Waals surface area contributed by atoms with E-state index < -0.39 is 0 Å². The van der Waals surface area contributed by atoms with Gasteiger partial charge < -0.3 is 10.2 Å². The van der Waals surface area contributed by atoms with Gasteiger partial charge in [-0.25, -0.2) is 0 Å². The second kappa shape index (κ2) is 4.74. The number of phenols is 1. The summed E-state index contributed by atoms with van der Waals surface area (Å²) < 4.78 is 0. The fraction of sp³-hybridized carbons (Fsp3) is 0.333. The maximum Gasteiger partial charge on any atom is 0.115 e. The summed E-state index contributed by atoms with van der Waals surface area (Å²) in [5.74, 6) is 0.288. The van der Waals surface area contributed by atoms with Crippen LogP contribution in [0.5, 0.6) is 5.75 Å². The molecule has 12 heavy (non-hydrogen) atoms. The number of phenolic OH excluding ortho intramolecular Hbond substituents is 1. The van der Waals surface area contributed by atoms with Gasteiger partial charge in [0.2, 0.25) is 0 Å². The summed E-state index contributed by atoms with van der Waals surface area (Å²) in [6, 6.07) is 7.12. The van der Waals surface area contributed by atoms with Crippen LogP contribution in [0.15, 0.2) is 24.3 Å². The lowest BCUT2D eigenvalue weighted by Gasteiger charge is -2.01. The van der Waals surface area contributed by atoms with Crippen LogP contribution in [-0.2, 0) is 6.42 Å². The fourth-order valence-electron chi connectivity index (χ4n) is 1.02. The first-order valence-electron chi connectivity index (χ1n) is 3.92. The molecule has 0 aliphatic rings. The molecular formula is C9H13NO2. The Bertz CT molecular complexity index is 238. The average molecular weight is 167 g/mol. The van der Waals surface area contributed by atoms with Gasteiger partial charge in [0.15, 0.2) is 0 Å². The lowest BCUT2D eigenvalue weighted by Crippen LogP contribution is -2.17. The van der Waals surface area contributed by atoms with Gasteiger partial charge in [-0.3, -0.25) is 5.32 Å². The highest BCUT2D eigenvalue weighted by Gasteiger charge is 1.93. The highest BCUT2D eigenvalue weighted by Crippen LogP contribution is 2.10.